The summed E-state index contributed by atoms with van der Waals surface area (Å²) in [5, 5.41) is 5.66. The molecule has 1 aliphatic heterocycles. The fraction of sp³-hybridized carbons (Fsp3) is 0.438. The largest absolute Gasteiger partial charge is 0.494 e. The summed E-state index contributed by atoms with van der Waals surface area (Å²) < 4.78 is 7.67. The first kappa shape index (κ1) is 27.6. The van der Waals surface area contributed by atoms with Crippen molar-refractivity contribution in [2.75, 3.05) is 37.7 Å². The third-order valence-electron chi connectivity index (χ3n) is 7.54. The molecule has 1 atom stereocenters. The number of amides is 1. The lowest BCUT2D eigenvalue weighted by molar-refractivity contribution is 0.0767. The van der Waals surface area contributed by atoms with E-state index in [-0.39, 0.29) is 11.8 Å². The maximum atomic E-state index is 13.4. The number of hydrogen-bond donors (Lipinski definition) is 0. The van der Waals surface area contributed by atoms with Crippen LogP contribution in [0.3, 0.4) is 0 Å². The molecule has 40 heavy (non-hydrogen) atoms. The third kappa shape index (κ3) is 6.11. The SMILES string of the molecule is CCCCOc1ccc(C(=O)N2CCCN(c3nc([C@H](C)CCC)nc4c3cnn4-c3ccccc3)CC2)cc1. The highest BCUT2D eigenvalue weighted by atomic mass is 16.5. The summed E-state index contributed by atoms with van der Waals surface area (Å²) in [6.07, 6.45) is 6.96. The minimum atomic E-state index is 0.0592. The van der Waals surface area contributed by atoms with Crippen LogP contribution in [0.2, 0.25) is 0 Å². The van der Waals surface area contributed by atoms with Gasteiger partial charge in [-0.05, 0) is 55.7 Å². The van der Waals surface area contributed by atoms with Gasteiger partial charge in [-0.3, -0.25) is 4.79 Å². The van der Waals surface area contributed by atoms with Gasteiger partial charge in [0.1, 0.15) is 17.4 Å². The van der Waals surface area contributed by atoms with E-state index in [2.05, 4.69) is 25.7 Å². The van der Waals surface area contributed by atoms with Gasteiger partial charge in [0.15, 0.2) is 5.65 Å². The molecule has 1 aliphatic rings. The van der Waals surface area contributed by atoms with Crippen molar-refractivity contribution >= 4 is 22.8 Å². The molecule has 0 bridgehead atoms. The Bertz CT molecular complexity index is 1400. The molecule has 0 spiro atoms. The van der Waals surface area contributed by atoms with E-state index in [1.54, 1.807) is 0 Å². The van der Waals surface area contributed by atoms with E-state index >= 15 is 0 Å². The van der Waals surface area contributed by atoms with Crippen LogP contribution in [0, 0.1) is 0 Å². The number of anilines is 1. The number of unbranched alkanes of at least 4 members (excludes halogenated alkanes) is 1. The van der Waals surface area contributed by atoms with Gasteiger partial charge in [0.25, 0.3) is 5.91 Å². The van der Waals surface area contributed by atoms with Gasteiger partial charge in [0, 0.05) is 37.7 Å². The van der Waals surface area contributed by atoms with Crippen molar-refractivity contribution in [3.63, 3.8) is 0 Å². The normalized spacial score (nSPS) is 14.8. The van der Waals surface area contributed by atoms with Gasteiger partial charge in [-0.2, -0.15) is 5.10 Å². The number of nitrogens with zero attached hydrogens (tertiary/aromatic N) is 6. The van der Waals surface area contributed by atoms with E-state index in [0.29, 0.717) is 31.8 Å². The molecule has 0 N–H and O–H groups in total. The second kappa shape index (κ2) is 12.9. The van der Waals surface area contributed by atoms with Gasteiger partial charge in [0.05, 0.1) is 23.9 Å². The molecule has 2 aromatic heterocycles. The van der Waals surface area contributed by atoms with E-state index in [9.17, 15) is 4.79 Å². The highest BCUT2D eigenvalue weighted by molar-refractivity contribution is 5.94. The van der Waals surface area contributed by atoms with Gasteiger partial charge in [0.2, 0.25) is 0 Å². The van der Waals surface area contributed by atoms with Crippen molar-refractivity contribution < 1.29 is 9.53 Å². The molecule has 3 heterocycles. The molecule has 2 aromatic carbocycles. The number of hydrogen-bond acceptors (Lipinski definition) is 6. The zero-order valence-corrected chi connectivity index (χ0v) is 23.9. The van der Waals surface area contributed by atoms with Crippen LogP contribution in [-0.2, 0) is 0 Å². The van der Waals surface area contributed by atoms with Gasteiger partial charge >= 0.3 is 0 Å². The topological polar surface area (TPSA) is 76.4 Å². The van der Waals surface area contributed by atoms with Gasteiger partial charge in [-0.1, -0.05) is 51.8 Å². The zero-order valence-electron chi connectivity index (χ0n) is 23.9. The summed E-state index contributed by atoms with van der Waals surface area (Å²) in [5.41, 5.74) is 2.50. The Morgan fingerprint density at radius 2 is 1.75 bits per heavy atom. The number of carbonyl (C=O) groups excluding carboxylic acids is 1. The highest BCUT2D eigenvalue weighted by Crippen LogP contribution is 2.30. The van der Waals surface area contributed by atoms with E-state index < -0.39 is 0 Å². The first-order valence-corrected chi connectivity index (χ1v) is 14.7. The van der Waals surface area contributed by atoms with Crippen LogP contribution in [-0.4, -0.2) is 63.3 Å². The molecule has 0 saturated carbocycles. The predicted octanol–water partition coefficient (Wildman–Crippen LogP) is 6.25. The fourth-order valence-electron chi connectivity index (χ4n) is 5.23. The average molecular weight is 541 g/mol. The summed E-state index contributed by atoms with van der Waals surface area (Å²) >= 11 is 0. The minimum Gasteiger partial charge on any atom is -0.494 e. The molecule has 8 heteroatoms. The standard InChI is InChI=1S/C32H40N6O2/c1-4-6-22-40-27-16-14-25(15-17-27)32(39)37-19-10-18-36(20-21-37)30-28-23-33-38(26-12-8-7-9-13-26)31(28)35-29(34-30)24(3)11-5-2/h7-9,12-17,23-24H,4-6,10-11,18-22H2,1-3H3/t24-/m1/s1. The van der Waals surface area contributed by atoms with Crippen molar-refractivity contribution in [3.8, 4) is 11.4 Å². The lowest BCUT2D eigenvalue weighted by atomic mass is 10.1. The van der Waals surface area contributed by atoms with Crippen LogP contribution in [0.1, 0.15) is 75.0 Å². The van der Waals surface area contributed by atoms with Crippen LogP contribution >= 0.6 is 0 Å². The molecule has 5 rings (SSSR count). The third-order valence-corrected chi connectivity index (χ3v) is 7.54. The van der Waals surface area contributed by atoms with E-state index in [1.165, 1.54) is 0 Å². The Balaban J connectivity index is 1.37. The number of ether oxygens (including phenoxy) is 1. The molecule has 1 saturated heterocycles. The van der Waals surface area contributed by atoms with Crippen LogP contribution < -0.4 is 9.64 Å². The zero-order chi connectivity index (χ0) is 27.9. The first-order valence-electron chi connectivity index (χ1n) is 14.7. The van der Waals surface area contributed by atoms with Crippen LogP contribution in [0.4, 0.5) is 5.82 Å². The average Bonchev–Trinajstić information content (AvgIpc) is 3.27. The lowest BCUT2D eigenvalue weighted by Gasteiger charge is -2.24. The van der Waals surface area contributed by atoms with Crippen LogP contribution in [0.15, 0.2) is 60.8 Å². The van der Waals surface area contributed by atoms with Crippen molar-refractivity contribution in [1.29, 1.82) is 0 Å². The molecule has 1 fully saturated rings. The molecule has 1 amide bonds. The smallest absolute Gasteiger partial charge is 0.253 e. The Morgan fingerprint density at radius 1 is 0.950 bits per heavy atom. The number of para-hydroxylation sites is 1. The van der Waals surface area contributed by atoms with E-state index in [1.807, 2.05) is 70.4 Å². The van der Waals surface area contributed by atoms with Crippen LogP contribution in [0.5, 0.6) is 5.75 Å². The predicted molar refractivity (Wildman–Crippen MR) is 160 cm³/mol. The first-order chi connectivity index (χ1) is 19.6. The second-order valence-corrected chi connectivity index (χ2v) is 10.6. The number of aromatic nitrogens is 4. The van der Waals surface area contributed by atoms with Gasteiger partial charge < -0.3 is 14.5 Å². The molecule has 0 radical (unpaired) electrons. The number of fused-ring (bicyclic) bond motifs is 1. The molecule has 0 aliphatic carbocycles. The molecular weight excluding hydrogens is 500 g/mol. The van der Waals surface area contributed by atoms with E-state index in [0.717, 1.165) is 72.8 Å². The Morgan fingerprint density at radius 3 is 2.50 bits per heavy atom. The quantitative estimate of drug-likeness (QED) is 0.221. The number of benzene rings is 2. The van der Waals surface area contributed by atoms with Crippen molar-refractivity contribution in [3.05, 3.63) is 72.2 Å². The van der Waals surface area contributed by atoms with Gasteiger partial charge in [-0.25, -0.2) is 14.6 Å². The second-order valence-electron chi connectivity index (χ2n) is 10.6. The highest BCUT2D eigenvalue weighted by Gasteiger charge is 2.25. The Hall–Kier alpha value is -3.94. The van der Waals surface area contributed by atoms with Crippen LogP contribution in [0.25, 0.3) is 16.7 Å². The number of rotatable bonds is 10. The van der Waals surface area contributed by atoms with Gasteiger partial charge in [-0.15, -0.1) is 0 Å². The summed E-state index contributed by atoms with van der Waals surface area (Å²) in [6.45, 7) is 10.1. The molecule has 8 nitrogen and oxygen atoms in total. The minimum absolute atomic E-state index is 0.0592. The summed E-state index contributed by atoms with van der Waals surface area (Å²) in [4.78, 5) is 27.8. The Labute approximate surface area is 237 Å². The fourth-order valence-corrected chi connectivity index (χ4v) is 5.23. The summed E-state index contributed by atoms with van der Waals surface area (Å²) in [5.74, 6) is 2.87. The summed E-state index contributed by atoms with van der Waals surface area (Å²) in [7, 11) is 0. The van der Waals surface area contributed by atoms with Crippen molar-refractivity contribution in [2.24, 2.45) is 0 Å². The maximum absolute atomic E-state index is 13.4. The van der Waals surface area contributed by atoms with E-state index in [4.69, 9.17) is 19.8 Å². The van der Waals surface area contributed by atoms with Crippen molar-refractivity contribution in [2.45, 2.75) is 58.8 Å². The molecule has 4 aromatic rings. The monoisotopic (exact) mass is 540 g/mol. The number of carbonyl (C=O) groups is 1. The van der Waals surface area contributed by atoms with Crippen molar-refractivity contribution in [1.82, 2.24) is 24.6 Å². The molecular formula is C32H40N6O2. The molecule has 0 unspecified atom stereocenters. The Kier molecular flexibility index (Phi) is 8.94. The maximum Gasteiger partial charge on any atom is 0.253 e. The molecule has 210 valence electrons. The summed E-state index contributed by atoms with van der Waals surface area (Å²) in [6, 6.07) is 17.7. The lowest BCUT2D eigenvalue weighted by Crippen LogP contribution is -2.35.